The van der Waals surface area contributed by atoms with Crippen LogP contribution in [0.25, 0.3) is 0 Å². The molecule has 1 amide bonds. The second kappa shape index (κ2) is 9.56. The van der Waals surface area contributed by atoms with Crippen LogP contribution in [0, 0.1) is 11.8 Å². The number of aliphatic hydroxyl groups excluding tert-OH is 1. The van der Waals surface area contributed by atoms with Gasteiger partial charge in [-0.05, 0) is 46.3 Å². The first-order chi connectivity index (χ1) is 10.0. The Kier molecular flexibility index (Phi) is 8.06. The molecule has 1 rings (SSSR count). The summed E-state index contributed by atoms with van der Waals surface area (Å²) in [4.78, 5) is 15.0. The molecule has 0 bridgehead atoms. The van der Waals surface area contributed by atoms with Gasteiger partial charge in [-0.3, -0.25) is 4.79 Å². The van der Waals surface area contributed by atoms with Gasteiger partial charge in [0.1, 0.15) is 6.61 Å². The topological polar surface area (TPSA) is 52.6 Å². The van der Waals surface area contributed by atoms with E-state index in [0.717, 1.165) is 24.3 Å². The second-order valence-electron chi connectivity index (χ2n) is 5.20. The molecule has 0 spiro atoms. The normalized spacial score (nSPS) is 10.6. The van der Waals surface area contributed by atoms with Crippen molar-refractivity contribution in [3.05, 3.63) is 21.9 Å². The van der Waals surface area contributed by atoms with Crippen molar-refractivity contribution >= 4 is 17.2 Å². The Morgan fingerprint density at radius 3 is 2.90 bits per heavy atom. The highest BCUT2D eigenvalue weighted by Crippen LogP contribution is 2.13. The molecule has 5 heteroatoms. The molecule has 0 aliphatic carbocycles. The largest absolute Gasteiger partial charge is 0.384 e. The van der Waals surface area contributed by atoms with Gasteiger partial charge in [0.25, 0.3) is 5.91 Å². The zero-order valence-corrected chi connectivity index (χ0v) is 13.8. The molecule has 0 aliphatic heterocycles. The van der Waals surface area contributed by atoms with Gasteiger partial charge < -0.3 is 15.3 Å². The van der Waals surface area contributed by atoms with Crippen molar-refractivity contribution in [1.29, 1.82) is 0 Å². The molecule has 0 unspecified atom stereocenters. The summed E-state index contributed by atoms with van der Waals surface area (Å²) < 4.78 is 0. The minimum Gasteiger partial charge on any atom is -0.384 e. The van der Waals surface area contributed by atoms with E-state index >= 15 is 0 Å². The number of carbonyl (C=O) groups excluding carboxylic acids is 1. The van der Waals surface area contributed by atoms with E-state index in [-0.39, 0.29) is 12.5 Å². The summed E-state index contributed by atoms with van der Waals surface area (Å²) >= 11 is 1.42. The van der Waals surface area contributed by atoms with Crippen LogP contribution in [-0.2, 0) is 0 Å². The summed E-state index contributed by atoms with van der Waals surface area (Å²) in [5.41, 5.74) is 0.640. The van der Waals surface area contributed by atoms with E-state index in [1.165, 1.54) is 11.3 Å². The van der Waals surface area contributed by atoms with Crippen LogP contribution in [0.4, 0.5) is 0 Å². The van der Waals surface area contributed by atoms with E-state index in [2.05, 4.69) is 43.0 Å². The smallest absolute Gasteiger partial charge is 0.252 e. The molecule has 0 aromatic carbocycles. The third-order valence-corrected chi connectivity index (χ3v) is 4.10. The Bertz CT molecular complexity index is 500. The first kappa shape index (κ1) is 17.7. The quantitative estimate of drug-likeness (QED) is 0.598. The summed E-state index contributed by atoms with van der Waals surface area (Å²) in [5.74, 6) is 5.32. The number of rotatable bonds is 7. The first-order valence-electron chi connectivity index (χ1n) is 7.21. The third kappa shape index (κ3) is 6.76. The van der Waals surface area contributed by atoms with Gasteiger partial charge in [-0.25, -0.2) is 0 Å². The van der Waals surface area contributed by atoms with E-state index in [1.807, 2.05) is 0 Å². The fourth-order valence-electron chi connectivity index (χ4n) is 1.70. The van der Waals surface area contributed by atoms with E-state index in [9.17, 15) is 4.79 Å². The lowest BCUT2D eigenvalue weighted by Crippen LogP contribution is -2.28. The molecule has 0 radical (unpaired) electrons. The second-order valence-corrected chi connectivity index (χ2v) is 6.11. The van der Waals surface area contributed by atoms with Crippen molar-refractivity contribution in [2.75, 3.05) is 26.7 Å². The maximum absolute atomic E-state index is 11.9. The van der Waals surface area contributed by atoms with Gasteiger partial charge in [0.05, 0.1) is 10.4 Å². The number of nitrogens with one attached hydrogen (secondary N) is 1. The Balaban J connectivity index is 2.26. The van der Waals surface area contributed by atoms with Crippen molar-refractivity contribution in [3.8, 4) is 11.8 Å². The molecule has 0 fully saturated rings. The molecule has 2 N–H and O–H groups in total. The Hall–Kier alpha value is -1.35. The summed E-state index contributed by atoms with van der Waals surface area (Å²) in [6.45, 7) is 5.93. The number of aliphatic hydroxyl groups is 1. The predicted octanol–water partition coefficient (Wildman–Crippen LogP) is 1.94. The zero-order valence-electron chi connectivity index (χ0n) is 13.0. The van der Waals surface area contributed by atoms with Crippen LogP contribution < -0.4 is 5.32 Å². The highest BCUT2D eigenvalue weighted by molar-refractivity contribution is 7.10. The first-order valence-corrected chi connectivity index (χ1v) is 8.09. The van der Waals surface area contributed by atoms with Gasteiger partial charge >= 0.3 is 0 Å². The lowest BCUT2D eigenvalue weighted by Gasteiger charge is -2.20. The molecule has 0 saturated heterocycles. The minimum atomic E-state index is -0.162. The number of amides is 1. The third-order valence-electron chi connectivity index (χ3n) is 3.26. The minimum absolute atomic E-state index is 0.0551. The molecule has 0 atom stereocenters. The molecule has 116 valence electrons. The van der Waals surface area contributed by atoms with Crippen molar-refractivity contribution in [2.24, 2.45) is 0 Å². The van der Waals surface area contributed by atoms with Crippen molar-refractivity contribution in [3.63, 3.8) is 0 Å². The maximum atomic E-state index is 11.9. The van der Waals surface area contributed by atoms with E-state index < -0.39 is 0 Å². The van der Waals surface area contributed by atoms with Crippen LogP contribution in [0.15, 0.2) is 11.4 Å². The standard InChI is InChI=1S/C16H24N2O2S/c1-13(2)18(3)9-5-4-8-17-16(20)14-11-15(21-12-14)7-6-10-19/h11-13,19H,4-5,8-10H2,1-3H3,(H,17,20). The molecule has 21 heavy (non-hydrogen) atoms. The van der Waals surface area contributed by atoms with Crippen LogP contribution in [0.1, 0.15) is 41.9 Å². The van der Waals surface area contributed by atoms with Crippen molar-refractivity contribution in [2.45, 2.75) is 32.7 Å². The molecule has 1 aromatic heterocycles. The molecular weight excluding hydrogens is 284 g/mol. The van der Waals surface area contributed by atoms with Gasteiger partial charge in [0.2, 0.25) is 0 Å². The number of unbranched alkanes of at least 4 members (excludes halogenated alkanes) is 1. The highest BCUT2D eigenvalue weighted by Gasteiger charge is 2.07. The zero-order chi connectivity index (χ0) is 15.7. The van der Waals surface area contributed by atoms with Gasteiger partial charge in [-0.15, -0.1) is 11.3 Å². The maximum Gasteiger partial charge on any atom is 0.252 e. The van der Waals surface area contributed by atoms with Gasteiger partial charge in [0.15, 0.2) is 0 Å². The fourth-order valence-corrected chi connectivity index (χ4v) is 2.45. The molecule has 0 aliphatic rings. The lowest BCUT2D eigenvalue weighted by molar-refractivity contribution is 0.0953. The molecule has 0 saturated carbocycles. The number of thiophene rings is 1. The van der Waals surface area contributed by atoms with Crippen molar-refractivity contribution < 1.29 is 9.90 Å². The summed E-state index contributed by atoms with van der Waals surface area (Å²) in [6, 6.07) is 2.32. The monoisotopic (exact) mass is 308 g/mol. The lowest BCUT2D eigenvalue weighted by atomic mass is 10.2. The van der Waals surface area contributed by atoms with Crippen LogP contribution in [-0.4, -0.2) is 48.7 Å². The number of hydrogen-bond acceptors (Lipinski definition) is 4. The summed E-state index contributed by atoms with van der Waals surface area (Å²) in [7, 11) is 2.11. The Labute approximate surface area is 131 Å². The van der Waals surface area contributed by atoms with E-state index in [1.54, 1.807) is 11.4 Å². The van der Waals surface area contributed by atoms with Crippen LogP contribution in [0.5, 0.6) is 0 Å². The average Bonchev–Trinajstić information content (AvgIpc) is 2.93. The SMILES string of the molecule is CC(C)N(C)CCCCNC(=O)c1csc(C#CCO)c1. The highest BCUT2D eigenvalue weighted by atomic mass is 32.1. The van der Waals surface area contributed by atoms with E-state index in [0.29, 0.717) is 18.2 Å². The summed E-state index contributed by atoms with van der Waals surface area (Å²) in [5, 5.41) is 13.3. The molecule has 1 aromatic rings. The van der Waals surface area contributed by atoms with E-state index in [4.69, 9.17) is 5.11 Å². The van der Waals surface area contributed by atoms with Crippen LogP contribution in [0.2, 0.25) is 0 Å². The number of nitrogens with zero attached hydrogens (tertiary/aromatic N) is 1. The van der Waals surface area contributed by atoms with Gasteiger partial charge in [0, 0.05) is 18.0 Å². The Morgan fingerprint density at radius 2 is 2.24 bits per heavy atom. The molecular formula is C16H24N2O2S. The fraction of sp³-hybridized carbons (Fsp3) is 0.562. The molecule has 4 nitrogen and oxygen atoms in total. The van der Waals surface area contributed by atoms with Crippen LogP contribution >= 0.6 is 11.3 Å². The van der Waals surface area contributed by atoms with Crippen LogP contribution in [0.3, 0.4) is 0 Å². The summed E-state index contributed by atoms with van der Waals surface area (Å²) in [6.07, 6.45) is 2.05. The van der Waals surface area contributed by atoms with Gasteiger partial charge in [-0.2, -0.15) is 0 Å². The predicted molar refractivity (Wildman–Crippen MR) is 87.6 cm³/mol. The van der Waals surface area contributed by atoms with Gasteiger partial charge in [-0.1, -0.05) is 11.8 Å². The average molecular weight is 308 g/mol. The molecule has 1 heterocycles. The Morgan fingerprint density at radius 1 is 1.48 bits per heavy atom. The van der Waals surface area contributed by atoms with Crippen molar-refractivity contribution in [1.82, 2.24) is 10.2 Å². The number of hydrogen-bond donors (Lipinski definition) is 2. The number of carbonyl (C=O) groups is 1.